The van der Waals surface area contributed by atoms with Gasteiger partial charge in [-0.15, -0.1) is 0 Å². The molecule has 2 rings (SSSR count). The fourth-order valence-corrected chi connectivity index (χ4v) is 3.01. The summed E-state index contributed by atoms with van der Waals surface area (Å²) in [4.78, 5) is 28.3. The van der Waals surface area contributed by atoms with Crippen molar-refractivity contribution in [3.63, 3.8) is 0 Å². The molecule has 1 saturated heterocycles. The summed E-state index contributed by atoms with van der Waals surface area (Å²) >= 11 is 0. The fourth-order valence-electron chi connectivity index (χ4n) is 3.01. The quantitative estimate of drug-likeness (QED) is 0.601. The van der Waals surface area contributed by atoms with Crippen LogP contribution >= 0.6 is 0 Å². The van der Waals surface area contributed by atoms with Crippen LogP contribution in [-0.4, -0.2) is 80.8 Å². The lowest BCUT2D eigenvalue weighted by Gasteiger charge is -2.35. The van der Waals surface area contributed by atoms with Gasteiger partial charge in [0.1, 0.15) is 12.4 Å². The molecule has 1 unspecified atom stereocenters. The Morgan fingerprint density at radius 2 is 1.57 bits per heavy atom. The van der Waals surface area contributed by atoms with Crippen molar-refractivity contribution in [3.05, 3.63) is 29.8 Å². The summed E-state index contributed by atoms with van der Waals surface area (Å²) in [5, 5.41) is 0. The Hall–Kier alpha value is -2.12. The van der Waals surface area contributed by atoms with Crippen molar-refractivity contribution < 1.29 is 23.8 Å². The molecule has 0 spiro atoms. The number of hydrogen-bond acceptors (Lipinski definition) is 5. The molecule has 0 saturated carbocycles. The molecule has 7 nitrogen and oxygen atoms in total. The largest absolute Gasteiger partial charge is 0.481 e. The zero-order valence-corrected chi connectivity index (χ0v) is 17.3. The Balaban J connectivity index is 1.76. The molecule has 1 atom stereocenters. The molecule has 0 radical (unpaired) electrons. The maximum absolute atomic E-state index is 12.7. The van der Waals surface area contributed by atoms with Crippen molar-refractivity contribution in [2.45, 2.75) is 32.8 Å². The third-order valence-corrected chi connectivity index (χ3v) is 4.81. The summed E-state index contributed by atoms with van der Waals surface area (Å²) in [6.45, 7) is 8.97. The van der Waals surface area contributed by atoms with Gasteiger partial charge >= 0.3 is 0 Å². The highest BCUT2D eigenvalue weighted by atomic mass is 16.5. The number of ether oxygens (including phenoxy) is 3. The molecule has 1 heterocycles. The Kier molecular flexibility index (Phi) is 8.73. The lowest BCUT2D eigenvalue weighted by molar-refractivity contribution is -0.145. The molecule has 1 aliphatic rings. The minimum atomic E-state index is -0.565. The number of amides is 2. The van der Waals surface area contributed by atoms with E-state index in [0.29, 0.717) is 51.1 Å². The van der Waals surface area contributed by atoms with Crippen LogP contribution < -0.4 is 4.74 Å². The first-order chi connectivity index (χ1) is 13.4. The van der Waals surface area contributed by atoms with Gasteiger partial charge in [0.05, 0.1) is 13.2 Å². The first-order valence-corrected chi connectivity index (χ1v) is 9.82. The van der Waals surface area contributed by atoms with Crippen molar-refractivity contribution in [3.8, 4) is 5.75 Å². The lowest BCUT2D eigenvalue weighted by atomic mass is 10.0. The van der Waals surface area contributed by atoms with E-state index in [0.717, 1.165) is 0 Å². The molecule has 0 bridgehead atoms. The molecular formula is C21H32N2O5. The van der Waals surface area contributed by atoms with Gasteiger partial charge in [0.15, 0.2) is 6.10 Å². The van der Waals surface area contributed by atoms with E-state index in [1.807, 2.05) is 24.3 Å². The van der Waals surface area contributed by atoms with Gasteiger partial charge in [0, 0.05) is 33.3 Å². The van der Waals surface area contributed by atoms with Gasteiger partial charge in [-0.25, -0.2) is 0 Å². The summed E-state index contributed by atoms with van der Waals surface area (Å²) in [5.41, 5.74) is 1.23. The van der Waals surface area contributed by atoms with Crippen LogP contribution in [0.1, 0.15) is 32.3 Å². The molecule has 28 heavy (non-hydrogen) atoms. The van der Waals surface area contributed by atoms with Crippen molar-refractivity contribution >= 4 is 11.8 Å². The molecule has 1 aromatic carbocycles. The number of carbonyl (C=O) groups is 2. The Morgan fingerprint density at radius 1 is 0.964 bits per heavy atom. The average molecular weight is 392 g/mol. The summed E-state index contributed by atoms with van der Waals surface area (Å²) in [7, 11) is 1.59. The number of nitrogens with zero attached hydrogens (tertiary/aromatic N) is 2. The molecule has 2 amide bonds. The summed E-state index contributed by atoms with van der Waals surface area (Å²) in [5.74, 6) is 1.03. The van der Waals surface area contributed by atoms with E-state index in [1.54, 1.807) is 23.8 Å². The molecular weight excluding hydrogens is 360 g/mol. The number of hydrogen-bond donors (Lipinski definition) is 0. The van der Waals surface area contributed by atoms with Crippen LogP contribution in [0.15, 0.2) is 24.3 Å². The van der Waals surface area contributed by atoms with Crippen molar-refractivity contribution in [1.29, 1.82) is 0 Å². The average Bonchev–Trinajstić information content (AvgIpc) is 2.71. The van der Waals surface area contributed by atoms with E-state index >= 15 is 0 Å². The van der Waals surface area contributed by atoms with Crippen LogP contribution in [0.2, 0.25) is 0 Å². The van der Waals surface area contributed by atoms with E-state index < -0.39 is 6.10 Å². The van der Waals surface area contributed by atoms with Gasteiger partial charge in [-0.2, -0.15) is 0 Å². The molecule has 156 valence electrons. The van der Waals surface area contributed by atoms with E-state index in [-0.39, 0.29) is 18.4 Å². The SMILES string of the molecule is COCCOCC(=O)N1CCN(C(=O)C(C)Oc2ccc(C(C)C)cc2)CC1. The zero-order valence-electron chi connectivity index (χ0n) is 17.3. The number of benzene rings is 1. The molecule has 7 heteroatoms. The molecule has 1 fully saturated rings. The Labute approximate surface area is 167 Å². The predicted octanol–water partition coefficient (Wildman–Crippen LogP) is 1.91. The lowest BCUT2D eigenvalue weighted by Crippen LogP contribution is -2.53. The van der Waals surface area contributed by atoms with Crippen LogP contribution in [0.5, 0.6) is 5.75 Å². The second-order valence-electron chi connectivity index (χ2n) is 7.24. The second kappa shape index (κ2) is 11.0. The normalized spacial score (nSPS) is 15.6. The molecule has 0 N–H and O–H groups in total. The number of carbonyl (C=O) groups excluding carboxylic acids is 2. The third kappa shape index (κ3) is 6.49. The Bertz CT molecular complexity index is 624. The van der Waals surface area contributed by atoms with E-state index in [2.05, 4.69) is 13.8 Å². The van der Waals surface area contributed by atoms with Crippen molar-refractivity contribution in [2.75, 3.05) is 53.1 Å². The van der Waals surface area contributed by atoms with Crippen molar-refractivity contribution in [2.24, 2.45) is 0 Å². The first-order valence-electron chi connectivity index (χ1n) is 9.82. The number of piperazine rings is 1. The van der Waals surface area contributed by atoms with Gasteiger partial charge in [0.25, 0.3) is 5.91 Å². The van der Waals surface area contributed by atoms with Gasteiger partial charge in [0.2, 0.25) is 5.91 Å². The minimum absolute atomic E-state index is 0.0448. The van der Waals surface area contributed by atoms with Crippen LogP contribution in [0, 0.1) is 0 Å². The van der Waals surface area contributed by atoms with Gasteiger partial charge in [-0.05, 0) is 30.5 Å². The smallest absolute Gasteiger partial charge is 0.263 e. The van der Waals surface area contributed by atoms with Crippen LogP contribution in [-0.2, 0) is 19.1 Å². The zero-order chi connectivity index (χ0) is 20.5. The van der Waals surface area contributed by atoms with Gasteiger partial charge in [-0.1, -0.05) is 26.0 Å². The van der Waals surface area contributed by atoms with Crippen LogP contribution in [0.4, 0.5) is 0 Å². The van der Waals surface area contributed by atoms with Crippen molar-refractivity contribution in [1.82, 2.24) is 9.80 Å². The molecule has 0 aromatic heterocycles. The second-order valence-corrected chi connectivity index (χ2v) is 7.24. The van der Waals surface area contributed by atoms with E-state index in [4.69, 9.17) is 14.2 Å². The van der Waals surface area contributed by atoms with Gasteiger partial charge in [-0.3, -0.25) is 9.59 Å². The topological polar surface area (TPSA) is 68.3 Å². The standard InChI is InChI=1S/C21H32N2O5/c1-16(2)18-5-7-19(8-6-18)28-17(3)21(25)23-11-9-22(10-12-23)20(24)15-27-14-13-26-4/h5-8,16-17H,9-15H2,1-4H3. The summed E-state index contributed by atoms with van der Waals surface area (Å²) in [6.07, 6.45) is -0.565. The van der Waals surface area contributed by atoms with Crippen LogP contribution in [0.3, 0.4) is 0 Å². The maximum atomic E-state index is 12.7. The first kappa shape index (κ1) is 22.2. The summed E-state index contributed by atoms with van der Waals surface area (Å²) in [6, 6.07) is 7.85. The molecule has 0 aliphatic carbocycles. The predicted molar refractivity (Wildman–Crippen MR) is 106 cm³/mol. The third-order valence-electron chi connectivity index (χ3n) is 4.81. The molecule has 1 aliphatic heterocycles. The van der Waals surface area contributed by atoms with E-state index in [1.165, 1.54) is 5.56 Å². The molecule has 1 aromatic rings. The van der Waals surface area contributed by atoms with Gasteiger partial charge < -0.3 is 24.0 Å². The fraction of sp³-hybridized carbons (Fsp3) is 0.619. The Morgan fingerprint density at radius 3 is 2.14 bits per heavy atom. The van der Waals surface area contributed by atoms with E-state index in [9.17, 15) is 9.59 Å². The van der Waals surface area contributed by atoms with Crippen LogP contribution in [0.25, 0.3) is 0 Å². The highest BCUT2D eigenvalue weighted by molar-refractivity contribution is 5.82. The minimum Gasteiger partial charge on any atom is -0.481 e. The summed E-state index contributed by atoms with van der Waals surface area (Å²) < 4.78 is 16.0. The highest BCUT2D eigenvalue weighted by Gasteiger charge is 2.27. The number of rotatable bonds is 9. The highest BCUT2D eigenvalue weighted by Crippen LogP contribution is 2.20. The monoisotopic (exact) mass is 392 g/mol. The maximum Gasteiger partial charge on any atom is 0.263 e. The number of methoxy groups -OCH3 is 1.